The number of benzene rings is 2. The lowest BCUT2D eigenvalue weighted by atomic mass is 10.0. The number of aryl methyl sites for hydroxylation is 1. The quantitative estimate of drug-likeness (QED) is 0.692. The number of nitrogens with one attached hydrogen (secondary N) is 2. The zero-order chi connectivity index (χ0) is 20.5. The summed E-state index contributed by atoms with van der Waals surface area (Å²) in [6.45, 7) is 6.07. The number of likely N-dealkylation sites (N-methyl/N-ethyl adjacent to an activating group) is 1. The lowest BCUT2D eigenvalue weighted by molar-refractivity contribution is -0.127. The van der Waals surface area contributed by atoms with Crippen LogP contribution in [0.5, 0.6) is 0 Å². The molecule has 2 aromatic rings. The normalized spacial score (nSPS) is 13.0. The van der Waals surface area contributed by atoms with Crippen molar-refractivity contribution < 1.29 is 9.59 Å². The molecule has 0 fully saturated rings. The van der Waals surface area contributed by atoms with Gasteiger partial charge in [0.05, 0.1) is 18.6 Å². The molecule has 0 aliphatic heterocycles. The smallest absolute Gasteiger partial charge is 0.238 e. The van der Waals surface area contributed by atoms with Gasteiger partial charge in [0.1, 0.15) is 0 Å². The third kappa shape index (κ3) is 6.50. The highest BCUT2D eigenvalue weighted by Gasteiger charge is 2.23. The first-order valence-corrected chi connectivity index (χ1v) is 9.82. The lowest BCUT2D eigenvalue weighted by Gasteiger charge is -2.26. The summed E-state index contributed by atoms with van der Waals surface area (Å²) < 4.78 is 0. The van der Waals surface area contributed by atoms with Crippen molar-refractivity contribution in [2.75, 3.05) is 18.9 Å². The van der Waals surface area contributed by atoms with Crippen molar-refractivity contribution in [3.8, 4) is 0 Å². The zero-order valence-electron chi connectivity index (χ0n) is 17.2. The minimum Gasteiger partial charge on any atom is -0.348 e. The van der Waals surface area contributed by atoms with Gasteiger partial charge >= 0.3 is 0 Å². The Balaban J connectivity index is 1.91. The third-order valence-corrected chi connectivity index (χ3v) is 4.86. The number of hydrogen-bond donors (Lipinski definition) is 2. The van der Waals surface area contributed by atoms with E-state index in [-0.39, 0.29) is 24.4 Å². The summed E-state index contributed by atoms with van der Waals surface area (Å²) in [6, 6.07) is 17.2. The third-order valence-electron chi connectivity index (χ3n) is 4.86. The summed E-state index contributed by atoms with van der Waals surface area (Å²) in [5.74, 6) is -0.216. The Hall–Kier alpha value is -2.66. The van der Waals surface area contributed by atoms with Crippen LogP contribution in [-0.2, 0) is 9.59 Å². The molecule has 0 aliphatic carbocycles. The second-order valence-electron chi connectivity index (χ2n) is 7.27. The van der Waals surface area contributed by atoms with Gasteiger partial charge in [0.15, 0.2) is 0 Å². The predicted molar refractivity (Wildman–Crippen MR) is 114 cm³/mol. The standard InChI is InChI=1S/C23H31N3O2/c1-5-9-21(19-10-7-6-8-11-19)25-23(28)18(3)26(4)16-22(27)24-20-14-12-17(2)13-15-20/h6-8,10-15,18,21H,5,9,16H2,1-4H3,(H,24,27)(H,25,28)/t18-,21-/m0/s1. The molecule has 0 saturated heterocycles. The first-order chi connectivity index (χ1) is 13.4. The molecule has 2 amide bonds. The minimum absolute atomic E-state index is 0.0177. The predicted octanol–water partition coefficient (Wildman–Crippen LogP) is 3.91. The van der Waals surface area contributed by atoms with Crippen LogP contribution in [-0.4, -0.2) is 36.3 Å². The Morgan fingerprint density at radius 1 is 1.04 bits per heavy atom. The second-order valence-corrected chi connectivity index (χ2v) is 7.27. The number of carbonyl (C=O) groups excluding carboxylic acids is 2. The molecule has 0 spiro atoms. The summed E-state index contributed by atoms with van der Waals surface area (Å²) in [5.41, 5.74) is 3.00. The topological polar surface area (TPSA) is 61.4 Å². The molecule has 2 atom stereocenters. The molecule has 0 aromatic heterocycles. The van der Waals surface area contributed by atoms with Crippen LogP contribution in [0, 0.1) is 6.92 Å². The van der Waals surface area contributed by atoms with E-state index in [1.165, 1.54) is 0 Å². The van der Waals surface area contributed by atoms with Crippen LogP contribution in [0.2, 0.25) is 0 Å². The monoisotopic (exact) mass is 381 g/mol. The zero-order valence-corrected chi connectivity index (χ0v) is 17.2. The SMILES string of the molecule is CCC[C@H](NC(=O)[C@H](C)N(C)CC(=O)Nc1ccc(C)cc1)c1ccccc1. The number of anilines is 1. The van der Waals surface area contributed by atoms with E-state index in [1.54, 1.807) is 11.9 Å². The second kappa shape index (κ2) is 10.6. The van der Waals surface area contributed by atoms with Crippen LogP contribution in [0.15, 0.2) is 54.6 Å². The molecule has 0 bridgehead atoms. The maximum atomic E-state index is 12.7. The molecule has 0 unspecified atom stereocenters. The molecule has 28 heavy (non-hydrogen) atoms. The molecule has 2 rings (SSSR count). The first-order valence-electron chi connectivity index (χ1n) is 9.82. The Labute approximate surface area is 168 Å². The molecule has 0 aliphatic rings. The van der Waals surface area contributed by atoms with Crippen LogP contribution < -0.4 is 10.6 Å². The van der Waals surface area contributed by atoms with E-state index < -0.39 is 6.04 Å². The highest BCUT2D eigenvalue weighted by Crippen LogP contribution is 2.18. The van der Waals surface area contributed by atoms with Crippen molar-refractivity contribution in [2.24, 2.45) is 0 Å². The average molecular weight is 382 g/mol. The van der Waals surface area contributed by atoms with Gasteiger partial charge in [-0.25, -0.2) is 0 Å². The largest absolute Gasteiger partial charge is 0.348 e. The van der Waals surface area contributed by atoms with E-state index in [4.69, 9.17) is 0 Å². The summed E-state index contributed by atoms with van der Waals surface area (Å²) in [7, 11) is 1.79. The number of amides is 2. The molecular weight excluding hydrogens is 350 g/mol. The highest BCUT2D eigenvalue weighted by molar-refractivity contribution is 5.92. The van der Waals surface area contributed by atoms with Gasteiger partial charge in [-0.15, -0.1) is 0 Å². The summed E-state index contributed by atoms with van der Waals surface area (Å²) in [5, 5.41) is 6.00. The van der Waals surface area contributed by atoms with Gasteiger partial charge in [0.25, 0.3) is 0 Å². The van der Waals surface area contributed by atoms with Crippen molar-refractivity contribution in [1.29, 1.82) is 0 Å². The highest BCUT2D eigenvalue weighted by atomic mass is 16.2. The maximum absolute atomic E-state index is 12.7. The van der Waals surface area contributed by atoms with Crippen LogP contribution >= 0.6 is 0 Å². The Morgan fingerprint density at radius 3 is 2.29 bits per heavy atom. The summed E-state index contributed by atoms with van der Waals surface area (Å²) >= 11 is 0. The van der Waals surface area contributed by atoms with Crippen molar-refractivity contribution in [2.45, 2.75) is 45.7 Å². The molecule has 5 heteroatoms. The van der Waals surface area contributed by atoms with Crippen LogP contribution in [0.1, 0.15) is 43.9 Å². The molecule has 0 radical (unpaired) electrons. The lowest BCUT2D eigenvalue weighted by Crippen LogP contribution is -2.46. The molecule has 2 N–H and O–H groups in total. The molecule has 0 saturated carbocycles. The van der Waals surface area contributed by atoms with Crippen LogP contribution in [0.3, 0.4) is 0 Å². The average Bonchev–Trinajstić information content (AvgIpc) is 2.69. The van der Waals surface area contributed by atoms with E-state index in [1.807, 2.05) is 68.4 Å². The van der Waals surface area contributed by atoms with Gasteiger partial charge in [-0.3, -0.25) is 14.5 Å². The fourth-order valence-electron chi connectivity index (χ4n) is 2.99. The van der Waals surface area contributed by atoms with Gasteiger partial charge in [-0.05, 0) is 45.0 Å². The molecule has 2 aromatic carbocycles. The van der Waals surface area contributed by atoms with Crippen molar-refractivity contribution in [1.82, 2.24) is 10.2 Å². The molecule has 5 nitrogen and oxygen atoms in total. The van der Waals surface area contributed by atoms with Gasteiger partial charge in [-0.1, -0.05) is 61.4 Å². The number of carbonyl (C=O) groups is 2. The van der Waals surface area contributed by atoms with Gasteiger partial charge in [-0.2, -0.15) is 0 Å². The fraction of sp³-hybridized carbons (Fsp3) is 0.391. The van der Waals surface area contributed by atoms with Crippen LogP contribution in [0.4, 0.5) is 5.69 Å². The number of nitrogens with zero attached hydrogens (tertiary/aromatic N) is 1. The molecule has 150 valence electrons. The Bertz CT molecular complexity index is 759. The fourth-order valence-corrected chi connectivity index (χ4v) is 2.99. The molecular formula is C23H31N3O2. The van der Waals surface area contributed by atoms with Gasteiger partial charge < -0.3 is 10.6 Å². The molecule has 0 heterocycles. The summed E-state index contributed by atoms with van der Waals surface area (Å²) in [6.07, 6.45) is 1.85. The summed E-state index contributed by atoms with van der Waals surface area (Å²) in [4.78, 5) is 26.8. The minimum atomic E-state index is -0.410. The van der Waals surface area contributed by atoms with Gasteiger partial charge in [0, 0.05) is 5.69 Å². The van der Waals surface area contributed by atoms with Crippen molar-refractivity contribution in [3.63, 3.8) is 0 Å². The maximum Gasteiger partial charge on any atom is 0.238 e. The first kappa shape index (κ1) is 21.6. The van der Waals surface area contributed by atoms with E-state index in [2.05, 4.69) is 17.6 Å². The van der Waals surface area contributed by atoms with E-state index >= 15 is 0 Å². The van der Waals surface area contributed by atoms with Gasteiger partial charge in [0.2, 0.25) is 11.8 Å². The Kier molecular flexibility index (Phi) is 8.20. The van der Waals surface area contributed by atoms with E-state index in [9.17, 15) is 9.59 Å². The number of hydrogen-bond acceptors (Lipinski definition) is 3. The van der Waals surface area contributed by atoms with Crippen molar-refractivity contribution in [3.05, 3.63) is 65.7 Å². The van der Waals surface area contributed by atoms with Crippen LogP contribution in [0.25, 0.3) is 0 Å². The van der Waals surface area contributed by atoms with E-state index in [0.717, 1.165) is 29.7 Å². The Morgan fingerprint density at radius 2 is 1.68 bits per heavy atom. The van der Waals surface area contributed by atoms with Crippen molar-refractivity contribution >= 4 is 17.5 Å². The van der Waals surface area contributed by atoms with E-state index in [0.29, 0.717) is 0 Å². The number of rotatable bonds is 9.